The molecule has 4 nitrogen and oxygen atoms in total. The molecule has 4 rings (SSSR count). The fraction of sp³-hybridized carbons (Fsp3) is 0.500. The zero-order valence-electron chi connectivity index (χ0n) is 15.6. The van der Waals surface area contributed by atoms with Gasteiger partial charge < -0.3 is 9.73 Å². The van der Waals surface area contributed by atoms with Gasteiger partial charge in [-0.05, 0) is 68.6 Å². The van der Waals surface area contributed by atoms with Crippen molar-refractivity contribution in [2.24, 2.45) is 0 Å². The molecule has 1 unspecified atom stereocenters. The van der Waals surface area contributed by atoms with E-state index in [-0.39, 0.29) is 17.8 Å². The number of amides is 1. The minimum absolute atomic E-state index is 0.0499. The third-order valence-electron chi connectivity index (χ3n) is 6.20. The molecule has 2 aliphatic rings. The predicted octanol–water partition coefficient (Wildman–Crippen LogP) is 4.18. The highest BCUT2D eigenvalue weighted by Crippen LogP contribution is 2.44. The van der Waals surface area contributed by atoms with E-state index >= 15 is 0 Å². The highest BCUT2D eigenvalue weighted by molar-refractivity contribution is 5.89. The molecule has 1 atom stereocenters. The molecular weight excluding hydrogens is 343 g/mol. The average molecular weight is 370 g/mol. The van der Waals surface area contributed by atoms with Crippen LogP contribution < -0.4 is 5.32 Å². The lowest BCUT2D eigenvalue weighted by molar-refractivity contribution is -0.130. The van der Waals surface area contributed by atoms with Crippen molar-refractivity contribution in [2.75, 3.05) is 19.6 Å². The third-order valence-corrected chi connectivity index (χ3v) is 6.20. The molecule has 0 bridgehead atoms. The maximum Gasteiger partial charge on any atom is 0.230 e. The lowest BCUT2D eigenvalue weighted by atomic mass is 9.64. The molecule has 1 aliphatic heterocycles. The summed E-state index contributed by atoms with van der Waals surface area (Å²) in [6.45, 7) is 2.60. The van der Waals surface area contributed by atoms with Crippen LogP contribution in [0.25, 0.3) is 0 Å². The first-order valence-corrected chi connectivity index (χ1v) is 10.0. The van der Waals surface area contributed by atoms with Crippen LogP contribution in [0.2, 0.25) is 0 Å². The first-order valence-electron chi connectivity index (χ1n) is 10.0. The molecule has 1 saturated heterocycles. The first-order chi connectivity index (χ1) is 13.2. The zero-order valence-corrected chi connectivity index (χ0v) is 15.6. The molecule has 1 N–H and O–H groups in total. The fourth-order valence-corrected chi connectivity index (χ4v) is 4.43. The van der Waals surface area contributed by atoms with Gasteiger partial charge in [-0.2, -0.15) is 0 Å². The van der Waals surface area contributed by atoms with Crippen LogP contribution in [0.4, 0.5) is 4.39 Å². The van der Waals surface area contributed by atoms with Crippen molar-refractivity contribution in [3.8, 4) is 0 Å². The number of furan rings is 1. The van der Waals surface area contributed by atoms with Gasteiger partial charge in [0.1, 0.15) is 11.6 Å². The number of nitrogens with zero attached hydrogens (tertiary/aromatic N) is 1. The van der Waals surface area contributed by atoms with E-state index in [9.17, 15) is 9.18 Å². The Balaban J connectivity index is 1.48. The molecule has 0 spiro atoms. The van der Waals surface area contributed by atoms with E-state index in [0.717, 1.165) is 43.7 Å². The summed E-state index contributed by atoms with van der Waals surface area (Å²) in [7, 11) is 0. The third kappa shape index (κ3) is 3.65. The van der Waals surface area contributed by atoms with Crippen molar-refractivity contribution in [2.45, 2.75) is 50.0 Å². The van der Waals surface area contributed by atoms with Gasteiger partial charge >= 0.3 is 0 Å². The van der Waals surface area contributed by atoms with Gasteiger partial charge in [0.15, 0.2) is 0 Å². The number of rotatable bonds is 6. The predicted molar refractivity (Wildman–Crippen MR) is 102 cm³/mol. The zero-order chi connectivity index (χ0) is 18.7. The van der Waals surface area contributed by atoms with E-state index in [2.05, 4.69) is 10.2 Å². The largest absolute Gasteiger partial charge is 0.468 e. The van der Waals surface area contributed by atoms with Crippen molar-refractivity contribution in [3.05, 3.63) is 59.8 Å². The molecule has 144 valence electrons. The van der Waals surface area contributed by atoms with Crippen molar-refractivity contribution < 1.29 is 13.6 Å². The van der Waals surface area contributed by atoms with Crippen molar-refractivity contribution >= 4 is 5.91 Å². The lowest BCUT2D eigenvalue weighted by Gasteiger charge is -2.41. The van der Waals surface area contributed by atoms with Crippen LogP contribution in [-0.4, -0.2) is 30.4 Å². The Morgan fingerprint density at radius 3 is 2.44 bits per heavy atom. The molecule has 1 saturated carbocycles. The molecule has 2 aromatic rings. The van der Waals surface area contributed by atoms with Gasteiger partial charge in [-0.15, -0.1) is 0 Å². The normalized spacial score (nSPS) is 20.6. The molecule has 1 aromatic heterocycles. The molecule has 27 heavy (non-hydrogen) atoms. The molecular formula is C22H27FN2O2. The summed E-state index contributed by atoms with van der Waals surface area (Å²) in [5, 5.41) is 3.19. The van der Waals surface area contributed by atoms with Gasteiger partial charge in [0.2, 0.25) is 5.91 Å². The van der Waals surface area contributed by atoms with E-state index in [0.29, 0.717) is 6.54 Å². The summed E-state index contributed by atoms with van der Waals surface area (Å²) in [6, 6.07) is 10.4. The second kappa shape index (κ2) is 7.85. The van der Waals surface area contributed by atoms with Crippen molar-refractivity contribution in [3.63, 3.8) is 0 Å². The Morgan fingerprint density at radius 2 is 1.85 bits per heavy atom. The summed E-state index contributed by atoms with van der Waals surface area (Å²) in [5.74, 6) is 0.687. The molecule has 0 radical (unpaired) electrons. The summed E-state index contributed by atoms with van der Waals surface area (Å²) in [5.41, 5.74) is 0.406. The smallest absolute Gasteiger partial charge is 0.230 e. The number of hydrogen-bond donors (Lipinski definition) is 1. The Bertz CT molecular complexity index is 747. The number of benzene rings is 1. The minimum atomic E-state index is -0.511. The molecule has 2 heterocycles. The van der Waals surface area contributed by atoms with Gasteiger partial charge in [0.05, 0.1) is 17.7 Å². The van der Waals surface area contributed by atoms with Gasteiger partial charge in [-0.3, -0.25) is 9.69 Å². The first kappa shape index (κ1) is 18.2. The van der Waals surface area contributed by atoms with Gasteiger partial charge in [-0.1, -0.05) is 25.0 Å². The van der Waals surface area contributed by atoms with Crippen LogP contribution in [0.5, 0.6) is 0 Å². The Morgan fingerprint density at radius 1 is 1.11 bits per heavy atom. The van der Waals surface area contributed by atoms with E-state index in [1.54, 1.807) is 18.4 Å². The molecule has 1 aliphatic carbocycles. The van der Waals surface area contributed by atoms with E-state index in [1.807, 2.05) is 12.1 Å². The average Bonchev–Trinajstić information content (AvgIpc) is 3.18. The quantitative estimate of drug-likeness (QED) is 0.830. The van der Waals surface area contributed by atoms with Crippen LogP contribution in [0.1, 0.15) is 55.9 Å². The van der Waals surface area contributed by atoms with Crippen LogP contribution >= 0.6 is 0 Å². The highest BCUT2D eigenvalue weighted by Gasteiger charge is 2.45. The molecule has 1 aromatic carbocycles. The summed E-state index contributed by atoms with van der Waals surface area (Å²) >= 11 is 0. The summed E-state index contributed by atoms with van der Waals surface area (Å²) in [6.07, 6.45) is 7.99. The Hall–Kier alpha value is -2.14. The van der Waals surface area contributed by atoms with Crippen LogP contribution in [0.3, 0.4) is 0 Å². The second-order valence-electron chi connectivity index (χ2n) is 7.78. The SMILES string of the molecule is O=C(NCC(c1ccco1)N1CCCCC1)C1(c2ccc(F)cc2)CCC1. The highest BCUT2D eigenvalue weighted by atomic mass is 19.1. The number of nitrogens with one attached hydrogen (secondary N) is 1. The number of carbonyl (C=O) groups excluding carboxylic acids is 1. The monoisotopic (exact) mass is 370 g/mol. The van der Waals surface area contributed by atoms with E-state index in [4.69, 9.17) is 4.42 Å². The van der Waals surface area contributed by atoms with E-state index in [1.165, 1.54) is 31.4 Å². The maximum atomic E-state index is 13.3. The topological polar surface area (TPSA) is 45.5 Å². The number of hydrogen-bond acceptors (Lipinski definition) is 3. The second-order valence-corrected chi connectivity index (χ2v) is 7.78. The standard InChI is InChI=1S/C22H27FN2O2/c23-18-9-7-17(8-10-18)22(11-5-12-22)21(26)24-16-19(20-6-4-15-27-20)25-13-2-1-3-14-25/h4,6-10,15,19H,1-3,5,11-14,16H2,(H,24,26). The number of piperidine rings is 1. The Labute approximate surface area is 159 Å². The lowest BCUT2D eigenvalue weighted by Crippen LogP contribution is -2.51. The van der Waals surface area contributed by atoms with Gasteiger partial charge in [0, 0.05) is 6.54 Å². The number of likely N-dealkylation sites (tertiary alicyclic amines) is 1. The van der Waals surface area contributed by atoms with Crippen molar-refractivity contribution in [1.82, 2.24) is 10.2 Å². The molecule has 1 amide bonds. The van der Waals surface area contributed by atoms with E-state index < -0.39 is 5.41 Å². The van der Waals surface area contributed by atoms with Crippen LogP contribution in [0, 0.1) is 5.82 Å². The van der Waals surface area contributed by atoms with Crippen molar-refractivity contribution in [1.29, 1.82) is 0 Å². The fourth-order valence-electron chi connectivity index (χ4n) is 4.43. The Kier molecular flexibility index (Phi) is 5.30. The number of carbonyl (C=O) groups is 1. The minimum Gasteiger partial charge on any atom is -0.468 e. The summed E-state index contributed by atoms with van der Waals surface area (Å²) < 4.78 is 19.0. The summed E-state index contributed by atoms with van der Waals surface area (Å²) in [4.78, 5) is 15.5. The van der Waals surface area contributed by atoms with Crippen LogP contribution in [0.15, 0.2) is 47.1 Å². The maximum absolute atomic E-state index is 13.3. The van der Waals surface area contributed by atoms with Crippen LogP contribution in [-0.2, 0) is 10.2 Å². The molecule has 5 heteroatoms. The number of halogens is 1. The molecule has 2 fully saturated rings. The van der Waals surface area contributed by atoms with Gasteiger partial charge in [-0.25, -0.2) is 4.39 Å². The van der Waals surface area contributed by atoms with Gasteiger partial charge in [0.25, 0.3) is 0 Å².